The van der Waals surface area contributed by atoms with Crippen LogP contribution in [0.2, 0.25) is 0 Å². The van der Waals surface area contributed by atoms with Gasteiger partial charge in [0, 0.05) is 6.07 Å². The highest BCUT2D eigenvalue weighted by Crippen LogP contribution is 2.25. The summed E-state index contributed by atoms with van der Waals surface area (Å²) in [5.74, 6) is 1.03. The van der Waals surface area contributed by atoms with Gasteiger partial charge in [-0.25, -0.2) is 9.67 Å². The summed E-state index contributed by atoms with van der Waals surface area (Å²) in [6, 6.07) is 5.07. The molecule has 1 aromatic heterocycles. The monoisotopic (exact) mass is 247 g/mol. The van der Waals surface area contributed by atoms with Crippen molar-refractivity contribution in [2.24, 2.45) is 0 Å². The number of hydrogen-bond acceptors (Lipinski definition) is 5. The molecule has 1 aromatic carbocycles. The van der Waals surface area contributed by atoms with Crippen molar-refractivity contribution in [3.63, 3.8) is 0 Å². The van der Waals surface area contributed by atoms with Crippen LogP contribution < -0.4 is 9.47 Å². The Morgan fingerprint density at radius 3 is 2.78 bits per heavy atom. The van der Waals surface area contributed by atoms with Crippen molar-refractivity contribution in [1.29, 1.82) is 0 Å². The third-order valence-electron chi connectivity index (χ3n) is 2.48. The number of ether oxygens (including phenoxy) is 2. The summed E-state index contributed by atoms with van der Waals surface area (Å²) >= 11 is 0. The van der Waals surface area contributed by atoms with Crippen LogP contribution >= 0.6 is 0 Å². The number of benzene rings is 1. The average molecular weight is 247 g/mol. The number of rotatable bonds is 5. The largest absolute Gasteiger partial charge is 0.497 e. The molecule has 6 nitrogen and oxygen atoms in total. The van der Waals surface area contributed by atoms with E-state index in [9.17, 15) is 4.79 Å². The van der Waals surface area contributed by atoms with E-state index >= 15 is 0 Å². The van der Waals surface area contributed by atoms with Gasteiger partial charge in [0.05, 0.1) is 19.8 Å². The van der Waals surface area contributed by atoms with Gasteiger partial charge in [-0.15, -0.1) is 0 Å². The third-order valence-corrected chi connectivity index (χ3v) is 2.48. The van der Waals surface area contributed by atoms with Gasteiger partial charge < -0.3 is 9.47 Å². The van der Waals surface area contributed by atoms with Gasteiger partial charge >= 0.3 is 0 Å². The molecule has 0 bridgehead atoms. The van der Waals surface area contributed by atoms with Gasteiger partial charge in [0.1, 0.15) is 30.7 Å². The summed E-state index contributed by atoms with van der Waals surface area (Å²) in [6.45, 7) is 0.128. The maximum absolute atomic E-state index is 12.1. The highest BCUT2D eigenvalue weighted by atomic mass is 16.5. The number of carbonyl (C=O) groups excluding carboxylic acids is 1. The fourth-order valence-electron chi connectivity index (χ4n) is 1.58. The Morgan fingerprint density at radius 1 is 1.33 bits per heavy atom. The van der Waals surface area contributed by atoms with Gasteiger partial charge in [-0.05, 0) is 12.1 Å². The topological polar surface area (TPSA) is 66.2 Å². The number of hydrogen-bond donors (Lipinski definition) is 0. The van der Waals surface area contributed by atoms with Crippen LogP contribution in [0, 0.1) is 0 Å². The third kappa shape index (κ3) is 2.48. The molecule has 0 aliphatic rings. The molecule has 0 unspecified atom stereocenters. The van der Waals surface area contributed by atoms with Crippen molar-refractivity contribution in [3.05, 3.63) is 36.4 Å². The fourth-order valence-corrected chi connectivity index (χ4v) is 1.58. The summed E-state index contributed by atoms with van der Waals surface area (Å²) < 4.78 is 11.7. The minimum Gasteiger partial charge on any atom is -0.497 e. The average Bonchev–Trinajstić information content (AvgIpc) is 2.90. The Hall–Kier alpha value is -2.37. The molecule has 0 saturated carbocycles. The van der Waals surface area contributed by atoms with Crippen LogP contribution in [-0.2, 0) is 6.54 Å². The lowest BCUT2D eigenvalue weighted by atomic mass is 10.1. The SMILES string of the molecule is COc1ccc(C(=O)Cn2cncn2)c(OC)c1. The molecular formula is C12H13N3O3. The maximum Gasteiger partial charge on any atom is 0.188 e. The van der Waals surface area contributed by atoms with Gasteiger partial charge in [0.2, 0.25) is 0 Å². The van der Waals surface area contributed by atoms with Crippen LogP contribution in [0.15, 0.2) is 30.9 Å². The van der Waals surface area contributed by atoms with Crippen molar-refractivity contribution < 1.29 is 14.3 Å². The van der Waals surface area contributed by atoms with Crippen molar-refractivity contribution in [2.75, 3.05) is 14.2 Å². The molecule has 0 radical (unpaired) electrons. The number of ketones is 1. The number of Topliss-reactive ketones (excluding diaryl/α,β-unsaturated/α-hetero) is 1. The maximum atomic E-state index is 12.1. The second-order valence-corrected chi connectivity index (χ2v) is 3.58. The molecule has 1 heterocycles. The van der Waals surface area contributed by atoms with Crippen molar-refractivity contribution in [1.82, 2.24) is 14.8 Å². The molecule has 2 rings (SSSR count). The van der Waals surface area contributed by atoms with E-state index < -0.39 is 0 Å². The molecule has 0 spiro atoms. The quantitative estimate of drug-likeness (QED) is 0.742. The van der Waals surface area contributed by atoms with E-state index in [0.717, 1.165) is 0 Å². The van der Waals surface area contributed by atoms with Crippen molar-refractivity contribution in [2.45, 2.75) is 6.54 Å². The van der Waals surface area contributed by atoms with Gasteiger partial charge in [0.25, 0.3) is 0 Å². The van der Waals surface area contributed by atoms with E-state index in [1.54, 1.807) is 25.3 Å². The van der Waals surface area contributed by atoms with Crippen LogP contribution in [0.4, 0.5) is 0 Å². The molecular weight excluding hydrogens is 234 g/mol. The van der Waals surface area contributed by atoms with E-state index in [0.29, 0.717) is 17.1 Å². The smallest absolute Gasteiger partial charge is 0.188 e. The van der Waals surface area contributed by atoms with E-state index in [4.69, 9.17) is 9.47 Å². The molecule has 0 aliphatic heterocycles. The Kier molecular flexibility index (Phi) is 3.57. The number of aromatic nitrogens is 3. The van der Waals surface area contributed by atoms with Gasteiger partial charge in [-0.2, -0.15) is 5.10 Å². The van der Waals surface area contributed by atoms with E-state index in [1.165, 1.54) is 24.4 Å². The van der Waals surface area contributed by atoms with Gasteiger partial charge in [-0.1, -0.05) is 0 Å². The Balaban J connectivity index is 2.24. The van der Waals surface area contributed by atoms with Crippen LogP contribution in [0.1, 0.15) is 10.4 Å². The molecule has 0 saturated heterocycles. The lowest BCUT2D eigenvalue weighted by molar-refractivity contribution is 0.0964. The predicted octanol–water partition coefficient (Wildman–Crippen LogP) is 1.18. The van der Waals surface area contributed by atoms with E-state index in [1.807, 2.05) is 0 Å². The Bertz CT molecular complexity index is 538. The summed E-state index contributed by atoms with van der Waals surface area (Å²) in [5.41, 5.74) is 0.494. The van der Waals surface area contributed by atoms with Crippen molar-refractivity contribution >= 4 is 5.78 Å². The Morgan fingerprint density at radius 2 is 2.17 bits per heavy atom. The van der Waals surface area contributed by atoms with Gasteiger partial charge in [-0.3, -0.25) is 4.79 Å². The first-order chi connectivity index (χ1) is 8.74. The van der Waals surface area contributed by atoms with Crippen LogP contribution in [0.5, 0.6) is 11.5 Å². The lowest BCUT2D eigenvalue weighted by Crippen LogP contribution is -2.12. The second kappa shape index (κ2) is 5.31. The normalized spacial score (nSPS) is 10.1. The predicted molar refractivity (Wildman–Crippen MR) is 63.9 cm³/mol. The number of carbonyl (C=O) groups is 1. The molecule has 0 aliphatic carbocycles. The first-order valence-corrected chi connectivity index (χ1v) is 5.32. The first-order valence-electron chi connectivity index (χ1n) is 5.32. The summed E-state index contributed by atoms with van der Waals surface area (Å²) in [7, 11) is 3.08. The molecule has 6 heteroatoms. The van der Waals surface area contributed by atoms with Crippen LogP contribution in [-0.4, -0.2) is 34.8 Å². The molecule has 0 N–H and O–H groups in total. The second-order valence-electron chi connectivity index (χ2n) is 3.58. The first kappa shape index (κ1) is 12.1. The number of methoxy groups -OCH3 is 2. The zero-order chi connectivity index (χ0) is 13.0. The van der Waals surface area contributed by atoms with Crippen LogP contribution in [0.25, 0.3) is 0 Å². The van der Waals surface area contributed by atoms with Gasteiger partial charge in [0.15, 0.2) is 5.78 Å². The molecule has 0 atom stereocenters. The van der Waals surface area contributed by atoms with Crippen LogP contribution in [0.3, 0.4) is 0 Å². The molecule has 2 aromatic rings. The van der Waals surface area contributed by atoms with E-state index in [-0.39, 0.29) is 12.3 Å². The minimum absolute atomic E-state index is 0.0972. The molecule has 94 valence electrons. The minimum atomic E-state index is -0.0972. The number of nitrogens with zero attached hydrogens (tertiary/aromatic N) is 3. The zero-order valence-electron chi connectivity index (χ0n) is 10.2. The standard InChI is InChI=1S/C12H13N3O3/c1-17-9-3-4-10(12(5-9)18-2)11(16)6-15-8-13-7-14-15/h3-5,7-8H,6H2,1-2H3. The molecule has 0 fully saturated rings. The molecule has 0 amide bonds. The highest BCUT2D eigenvalue weighted by Gasteiger charge is 2.14. The zero-order valence-corrected chi connectivity index (χ0v) is 10.2. The van der Waals surface area contributed by atoms with E-state index in [2.05, 4.69) is 10.1 Å². The van der Waals surface area contributed by atoms with Crippen molar-refractivity contribution in [3.8, 4) is 11.5 Å². The summed E-state index contributed by atoms with van der Waals surface area (Å²) in [5, 5.41) is 3.89. The lowest BCUT2D eigenvalue weighted by Gasteiger charge is -2.09. The Labute approximate surface area is 104 Å². The highest BCUT2D eigenvalue weighted by molar-refractivity contribution is 5.98. The summed E-state index contributed by atoms with van der Waals surface area (Å²) in [4.78, 5) is 15.9. The fraction of sp³-hybridized carbons (Fsp3) is 0.250. The summed E-state index contributed by atoms with van der Waals surface area (Å²) in [6.07, 6.45) is 2.88. The molecule has 18 heavy (non-hydrogen) atoms.